The maximum atomic E-state index is 12.4. The summed E-state index contributed by atoms with van der Waals surface area (Å²) in [5.41, 5.74) is 2.60. The average molecular weight is 391 g/mol. The van der Waals surface area contributed by atoms with Crippen LogP contribution in [0.15, 0.2) is 73.1 Å². The van der Waals surface area contributed by atoms with Gasteiger partial charge in [-0.3, -0.25) is 9.78 Å². The van der Waals surface area contributed by atoms with E-state index in [2.05, 4.69) is 27.3 Å². The lowest BCUT2D eigenvalue weighted by molar-refractivity contribution is 0.0946. The van der Waals surface area contributed by atoms with Gasteiger partial charge in [-0.1, -0.05) is 30.3 Å². The second-order valence-electron chi connectivity index (χ2n) is 6.55. The molecule has 6 heteroatoms. The van der Waals surface area contributed by atoms with Gasteiger partial charge in [0.25, 0.3) is 5.91 Å². The lowest BCUT2D eigenvalue weighted by Crippen LogP contribution is -2.28. The van der Waals surface area contributed by atoms with Gasteiger partial charge in [0.1, 0.15) is 18.1 Å². The topological polar surface area (TPSA) is 63.7 Å². The van der Waals surface area contributed by atoms with Crippen molar-refractivity contribution >= 4 is 11.6 Å². The zero-order valence-corrected chi connectivity index (χ0v) is 16.7. The normalized spacial score (nSPS) is 10.3. The molecule has 0 aliphatic carbocycles. The van der Waals surface area contributed by atoms with E-state index in [9.17, 15) is 4.79 Å². The number of ether oxygens (including phenoxy) is 2. The van der Waals surface area contributed by atoms with Gasteiger partial charge in [-0.05, 0) is 35.9 Å². The number of nitrogens with one attached hydrogen (secondary N) is 1. The largest absolute Gasteiger partial charge is 0.497 e. The molecule has 0 spiro atoms. The van der Waals surface area contributed by atoms with E-state index in [0.29, 0.717) is 18.7 Å². The number of carbonyl (C=O) groups excluding carboxylic acids is 1. The molecule has 3 rings (SSSR count). The summed E-state index contributed by atoms with van der Waals surface area (Å²) in [4.78, 5) is 18.7. The van der Waals surface area contributed by atoms with Crippen LogP contribution >= 0.6 is 0 Å². The maximum Gasteiger partial charge on any atom is 0.253 e. The number of rotatable bonds is 9. The zero-order chi connectivity index (χ0) is 20.5. The van der Waals surface area contributed by atoms with Gasteiger partial charge in [0.15, 0.2) is 0 Å². The monoisotopic (exact) mass is 391 g/mol. The average Bonchev–Trinajstić information content (AvgIpc) is 2.77. The second-order valence-corrected chi connectivity index (χ2v) is 6.55. The first-order valence-electron chi connectivity index (χ1n) is 9.41. The number of nitrogens with zero attached hydrogens (tertiary/aromatic N) is 2. The van der Waals surface area contributed by atoms with Crippen LogP contribution in [0.25, 0.3) is 0 Å². The van der Waals surface area contributed by atoms with E-state index in [4.69, 9.17) is 9.47 Å². The molecule has 3 aromatic rings. The van der Waals surface area contributed by atoms with Gasteiger partial charge < -0.3 is 19.7 Å². The third-order valence-corrected chi connectivity index (χ3v) is 4.41. The minimum absolute atomic E-state index is 0.175. The molecular formula is C23H25N3O3. The van der Waals surface area contributed by atoms with Crippen molar-refractivity contribution in [2.45, 2.75) is 6.54 Å². The number of aromatic nitrogens is 1. The Bertz CT molecular complexity index is 914. The van der Waals surface area contributed by atoms with Crippen LogP contribution in [-0.2, 0) is 6.54 Å². The lowest BCUT2D eigenvalue weighted by atomic mass is 10.2. The fourth-order valence-corrected chi connectivity index (χ4v) is 2.82. The summed E-state index contributed by atoms with van der Waals surface area (Å²) >= 11 is 0. The molecule has 0 bridgehead atoms. The van der Waals surface area contributed by atoms with Crippen molar-refractivity contribution in [3.8, 4) is 11.5 Å². The van der Waals surface area contributed by atoms with Crippen molar-refractivity contribution in [3.63, 3.8) is 0 Å². The zero-order valence-electron chi connectivity index (χ0n) is 16.7. The van der Waals surface area contributed by atoms with Crippen LogP contribution in [0.3, 0.4) is 0 Å². The number of methoxy groups -OCH3 is 1. The highest BCUT2D eigenvalue weighted by molar-refractivity contribution is 5.94. The second kappa shape index (κ2) is 10.1. The van der Waals surface area contributed by atoms with Gasteiger partial charge in [0.2, 0.25) is 0 Å². The van der Waals surface area contributed by atoms with Crippen molar-refractivity contribution in [1.82, 2.24) is 10.3 Å². The van der Waals surface area contributed by atoms with E-state index in [1.165, 1.54) is 5.56 Å². The summed E-state index contributed by atoms with van der Waals surface area (Å²) in [6, 6.07) is 19.3. The van der Waals surface area contributed by atoms with Crippen LogP contribution in [-0.4, -0.2) is 38.2 Å². The van der Waals surface area contributed by atoms with Crippen molar-refractivity contribution in [3.05, 3.63) is 84.2 Å². The molecule has 1 aromatic heterocycles. The lowest BCUT2D eigenvalue weighted by Gasteiger charge is -2.19. The van der Waals surface area contributed by atoms with Crippen molar-refractivity contribution in [1.29, 1.82) is 0 Å². The Morgan fingerprint density at radius 1 is 1.03 bits per heavy atom. The molecule has 1 heterocycles. The molecule has 0 atom stereocenters. The van der Waals surface area contributed by atoms with Crippen LogP contribution < -0.4 is 19.7 Å². The minimum Gasteiger partial charge on any atom is -0.497 e. The number of carbonyl (C=O) groups is 1. The van der Waals surface area contributed by atoms with Gasteiger partial charge in [-0.2, -0.15) is 0 Å². The Kier molecular flexibility index (Phi) is 7.05. The van der Waals surface area contributed by atoms with Gasteiger partial charge in [-0.15, -0.1) is 0 Å². The highest BCUT2D eigenvalue weighted by Crippen LogP contribution is 2.17. The first-order valence-corrected chi connectivity index (χ1v) is 9.41. The molecule has 1 amide bonds. The van der Waals surface area contributed by atoms with E-state index in [0.717, 1.165) is 23.7 Å². The standard InChI is InChI=1S/C23H25N3O3/c1-26(17-18-6-4-3-5-7-18)20-14-19(15-24-16-20)23(27)25-12-13-29-22-10-8-21(28-2)9-11-22/h3-11,14-16H,12-13,17H2,1-2H3,(H,25,27). The smallest absolute Gasteiger partial charge is 0.253 e. The van der Waals surface area contributed by atoms with E-state index < -0.39 is 0 Å². The first kappa shape index (κ1) is 20.2. The summed E-state index contributed by atoms with van der Waals surface area (Å²) in [6.45, 7) is 1.51. The van der Waals surface area contributed by atoms with Gasteiger partial charge in [0, 0.05) is 19.8 Å². The Morgan fingerprint density at radius 2 is 1.76 bits per heavy atom. The third-order valence-electron chi connectivity index (χ3n) is 4.41. The van der Waals surface area contributed by atoms with E-state index in [1.807, 2.05) is 55.6 Å². The summed E-state index contributed by atoms with van der Waals surface area (Å²) in [7, 11) is 3.60. The third kappa shape index (κ3) is 5.97. The SMILES string of the molecule is COc1ccc(OCCNC(=O)c2cncc(N(C)Cc3ccccc3)c2)cc1. The number of hydrogen-bond donors (Lipinski definition) is 1. The van der Waals surface area contributed by atoms with Gasteiger partial charge >= 0.3 is 0 Å². The Labute approximate surface area is 171 Å². The van der Waals surface area contributed by atoms with Crippen LogP contribution in [0.4, 0.5) is 5.69 Å². The first-order chi connectivity index (χ1) is 14.2. The summed E-state index contributed by atoms with van der Waals surface area (Å²) < 4.78 is 10.7. The summed E-state index contributed by atoms with van der Waals surface area (Å²) in [5, 5.41) is 2.86. The predicted molar refractivity (Wildman–Crippen MR) is 114 cm³/mol. The van der Waals surface area contributed by atoms with Crippen molar-refractivity contribution in [2.24, 2.45) is 0 Å². The van der Waals surface area contributed by atoms with Crippen LogP contribution in [0.2, 0.25) is 0 Å². The molecule has 0 unspecified atom stereocenters. The molecule has 150 valence electrons. The molecule has 0 saturated heterocycles. The summed E-state index contributed by atoms with van der Waals surface area (Å²) in [5.74, 6) is 1.33. The Morgan fingerprint density at radius 3 is 2.48 bits per heavy atom. The van der Waals surface area contributed by atoms with E-state index in [1.54, 1.807) is 19.5 Å². The number of anilines is 1. The molecule has 2 aromatic carbocycles. The summed E-state index contributed by atoms with van der Waals surface area (Å²) in [6.07, 6.45) is 3.33. The number of benzene rings is 2. The fourth-order valence-electron chi connectivity index (χ4n) is 2.82. The molecule has 0 fully saturated rings. The van der Waals surface area contributed by atoms with E-state index in [-0.39, 0.29) is 5.91 Å². The van der Waals surface area contributed by atoms with Crippen LogP contribution in [0.1, 0.15) is 15.9 Å². The Hall–Kier alpha value is -3.54. The highest BCUT2D eigenvalue weighted by Gasteiger charge is 2.09. The minimum atomic E-state index is -0.175. The van der Waals surface area contributed by atoms with E-state index >= 15 is 0 Å². The molecule has 0 radical (unpaired) electrons. The molecular weight excluding hydrogens is 366 g/mol. The number of pyridine rings is 1. The van der Waals surface area contributed by atoms with Crippen LogP contribution in [0, 0.1) is 0 Å². The van der Waals surface area contributed by atoms with Gasteiger partial charge in [0.05, 0.1) is 31.1 Å². The predicted octanol–water partition coefficient (Wildman–Crippen LogP) is 3.54. The van der Waals surface area contributed by atoms with Crippen molar-refractivity contribution in [2.75, 3.05) is 32.2 Å². The number of amides is 1. The van der Waals surface area contributed by atoms with Gasteiger partial charge in [-0.25, -0.2) is 0 Å². The molecule has 0 aliphatic rings. The molecule has 6 nitrogen and oxygen atoms in total. The quantitative estimate of drug-likeness (QED) is 0.566. The number of hydrogen-bond acceptors (Lipinski definition) is 5. The molecule has 0 saturated carbocycles. The van der Waals surface area contributed by atoms with Crippen molar-refractivity contribution < 1.29 is 14.3 Å². The molecule has 1 N–H and O–H groups in total. The highest BCUT2D eigenvalue weighted by atomic mass is 16.5. The van der Waals surface area contributed by atoms with Crippen LogP contribution in [0.5, 0.6) is 11.5 Å². The molecule has 0 aliphatic heterocycles. The molecule has 29 heavy (non-hydrogen) atoms. The fraction of sp³-hybridized carbons (Fsp3) is 0.217. The Balaban J connectivity index is 1.49. The maximum absolute atomic E-state index is 12.4.